The SMILES string of the molecule is COc1cc2[nH]nc(C3CC3)c2c(-c2ccc(S(C)(=O)=O)c(C)c2)n1.O=C(O)C(F)(F)F. The summed E-state index contributed by atoms with van der Waals surface area (Å²) in [6.07, 6.45) is -1.59. The molecule has 0 radical (unpaired) electrons. The Labute approximate surface area is 181 Å². The zero-order valence-electron chi connectivity index (χ0n) is 17.3. The number of aromatic nitrogens is 3. The normalized spacial score (nSPS) is 14.1. The fourth-order valence-electron chi connectivity index (χ4n) is 3.22. The smallest absolute Gasteiger partial charge is 0.481 e. The summed E-state index contributed by atoms with van der Waals surface area (Å²) in [5.74, 6) is -1.79. The van der Waals surface area contributed by atoms with Gasteiger partial charge in [-0.1, -0.05) is 6.07 Å². The van der Waals surface area contributed by atoms with Gasteiger partial charge in [0.1, 0.15) is 0 Å². The van der Waals surface area contributed by atoms with Crippen molar-refractivity contribution in [2.24, 2.45) is 0 Å². The van der Waals surface area contributed by atoms with Crippen LogP contribution in [0.1, 0.15) is 30.0 Å². The van der Waals surface area contributed by atoms with Crippen LogP contribution in [0.5, 0.6) is 5.88 Å². The number of hydrogen-bond acceptors (Lipinski definition) is 6. The topological polar surface area (TPSA) is 122 Å². The number of fused-ring (bicyclic) bond motifs is 1. The molecule has 0 saturated heterocycles. The van der Waals surface area contributed by atoms with E-state index in [2.05, 4.69) is 15.2 Å². The van der Waals surface area contributed by atoms with Crippen LogP contribution >= 0.6 is 0 Å². The number of aryl methyl sites for hydroxylation is 1. The Kier molecular flexibility index (Phi) is 6.18. The average molecular weight is 471 g/mol. The highest BCUT2D eigenvalue weighted by Gasteiger charge is 2.38. The number of benzene rings is 1. The number of aliphatic carboxylic acids is 1. The van der Waals surface area contributed by atoms with E-state index in [1.165, 1.54) is 6.26 Å². The number of methoxy groups -OCH3 is 1. The van der Waals surface area contributed by atoms with Gasteiger partial charge in [0, 0.05) is 29.2 Å². The first-order valence-corrected chi connectivity index (χ1v) is 11.3. The molecule has 1 saturated carbocycles. The van der Waals surface area contributed by atoms with Crippen LogP contribution in [-0.4, -0.2) is 54.2 Å². The van der Waals surface area contributed by atoms with Crippen LogP contribution in [0.3, 0.4) is 0 Å². The predicted octanol–water partition coefficient (Wildman–Crippen LogP) is 3.86. The van der Waals surface area contributed by atoms with E-state index in [-0.39, 0.29) is 0 Å². The summed E-state index contributed by atoms with van der Waals surface area (Å²) in [7, 11) is -1.67. The second kappa shape index (κ2) is 8.41. The molecule has 2 aromatic heterocycles. The first-order chi connectivity index (χ1) is 14.8. The molecule has 32 heavy (non-hydrogen) atoms. The zero-order chi connectivity index (χ0) is 23.8. The van der Waals surface area contributed by atoms with Crippen molar-refractivity contribution in [2.45, 2.75) is 36.8 Å². The van der Waals surface area contributed by atoms with Crippen LogP contribution in [0.25, 0.3) is 22.2 Å². The van der Waals surface area contributed by atoms with Crippen LogP contribution in [0.2, 0.25) is 0 Å². The third-order valence-electron chi connectivity index (χ3n) is 4.81. The number of carboxylic acids is 1. The highest BCUT2D eigenvalue weighted by molar-refractivity contribution is 7.90. The Morgan fingerprint density at radius 2 is 1.88 bits per heavy atom. The quantitative estimate of drug-likeness (QED) is 0.592. The lowest BCUT2D eigenvalue weighted by Crippen LogP contribution is -2.21. The first-order valence-electron chi connectivity index (χ1n) is 9.37. The standard InChI is InChI=1S/C18H19N3O3S.C2HF3O2/c1-10-8-12(6-7-14(10)25(3,22)23)17-16-13(9-15(19-17)24-2)20-21-18(16)11-4-5-11;3-2(4,5)1(6)7/h6-9,11H,4-5H2,1-3H3,(H,20,21);(H,6,7). The fourth-order valence-corrected chi connectivity index (χ4v) is 4.18. The molecule has 0 bridgehead atoms. The molecule has 1 aromatic carbocycles. The van der Waals surface area contributed by atoms with Gasteiger partial charge in [-0.25, -0.2) is 18.2 Å². The lowest BCUT2D eigenvalue weighted by Gasteiger charge is -2.10. The molecule has 0 amide bonds. The van der Waals surface area contributed by atoms with E-state index in [0.29, 0.717) is 22.3 Å². The zero-order valence-corrected chi connectivity index (χ0v) is 18.1. The molecule has 172 valence electrons. The maximum atomic E-state index is 11.9. The van der Waals surface area contributed by atoms with Crippen LogP contribution in [0.15, 0.2) is 29.2 Å². The molecule has 1 aliphatic rings. The molecule has 2 N–H and O–H groups in total. The van der Waals surface area contributed by atoms with Crippen molar-refractivity contribution in [1.29, 1.82) is 0 Å². The number of H-pyrrole nitrogens is 1. The van der Waals surface area contributed by atoms with E-state index < -0.39 is 22.0 Å². The van der Waals surface area contributed by atoms with Crippen molar-refractivity contribution >= 4 is 26.7 Å². The second-order valence-corrected chi connectivity index (χ2v) is 9.36. The van der Waals surface area contributed by atoms with E-state index in [1.54, 1.807) is 26.2 Å². The summed E-state index contributed by atoms with van der Waals surface area (Å²) in [4.78, 5) is 13.9. The third-order valence-corrected chi connectivity index (χ3v) is 6.07. The Hall–Kier alpha value is -3.15. The molecule has 12 heteroatoms. The number of nitrogens with one attached hydrogen (secondary N) is 1. The minimum Gasteiger partial charge on any atom is -0.481 e. The van der Waals surface area contributed by atoms with Gasteiger partial charge in [-0.3, -0.25) is 5.10 Å². The van der Waals surface area contributed by atoms with Gasteiger partial charge in [0.15, 0.2) is 9.84 Å². The van der Waals surface area contributed by atoms with E-state index >= 15 is 0 Å². The highest BCUT2D eigenvalue weighted by atomic mass is 32.2. The number of halogens is 3. The average Bonchev–Trinajstić information content (AvgIpc) is 3.44. The van der Waals surface area contributed by atoms with E-state index in [0.717, 1.165) is 40.7 Å². The largest absolute Gasteiger partial charge is 0.490 e. The van der Waals surface area contributed by atoms with Crippen molar-refractivity contribution < 1.29 is 36.2 Å². The number of alkyl halides is 3. The van der Waals surface area contributed by atoms with E-state index in [4.69, 9.17) is 14.6 Å². The van der Waals surface area contributed by atoms with Gasteiger partial charge in [-0.15, -0.1) is 0 Å². The molecular weight excluding hydrogens is 451 g/mol. The number of sulfone groups is 1. The molecule has 3 aromatic rings. The van der Waals surface area contributed by atoms with Gasteiger partial charge in [-0.05, 0) is 37.5 Å². The van der Waals surface area contributed by atoms with Gasteiger partial charge in [0.05, 0.1) is 28.9 Å². The fraction of sp³-hybridized carbons (Fsp3) is 0.350. The lowest BCUT2D eigenvalue weighted by molar-refractivity contribution is -0.192. The highest BCUT2D eigenvalue weighted by Crippen LogP contribution is 2.44. The number of rotatable bonds is 4. The number of pyridine rings is 1. The van der Waals surface area contributed by atoms with Crippen molar-refractivity contribution in [3.05, 3.63) is 35.5 Å². The molecule has 0 atom stereocenters. The maximum Gasteiger partial charge on any atom is 0.490 e. The molecule has 1 aliphatic carbocycles. The maximum absolute atomic E-state index is 11.9. The molecule has 0 unspecified atom stereocenters. The molecule has 2 heterocycles. The van der Waals surface area contributed by atoms with Crippen LogP contribution in [0.4, 0.5) is 13.2 Å². The monoisotopic (exact) mass is 471 g/mol. The first kappa shape index (κ1) is 23.5. The summed E-state index contributed by atoms with van der Waals surface area (Å²) < 4.78 is 60.8. The Morgan fingerprint density at radius 1 is 1.25 bits per heavy atom. The minimum absolute atomic E-state index is 0.338. The number of hydrogen-bond donors (Lipinski definition) is 2. The van der Waals surface area contributed by atoms with Crippen LogP contribution in [0, 0.1) is 6.92 Å². The van der Waals surface area contributed by atoms with Crippen molar-refractivity contribution in [1.82, 2.24) is 15.2 Å². The number of ether oxygens (including phenoxy) is 1. The molecular formula is C20H20F3N3O5S. The van der Waals surface area contributed by atoms with Gasteiger partial charge < -0.3 is 9.84 Å². The lowest BCUT2D eigenvalue weighted by atomic mass is 10.0. The number of aromatic amines is 1. The molecule has 4 rings (SSSR count). The van der Waals surface area contributed by atoms with Crippen molar-refractivity contribution in [3.8, 4) is 17.1 Å². The summed E-state index contributed by atoms with van der Waals surface area (Å²) in [5, 5.41) is 15.7. The number of nitrogens with zero attached hydrogens (tertiary/aromatic N) is 2. The molecule has 0 spiro atoms. The van der Waals surface area contributed by atoms with Gasteiger partial charge in [0.2, 0.25) is 5.88 Å². The Bertz CT molecular complexity index is 1280. The molecule has 0 aliphatic heterocycles. The van der Waals surface area contributed by atoms with E-state index in [9.17, 15) is 21.6 Å². The number of carboxylic acid groups (broad SMARTS) is 1. The van der Waals surface area contributed by atoms with Crippen molar-refractivity contribution in [3.63, 3.8) is 0 Å². The number of carbonyl (C=O) groups is 1. The summed E-state index contributed by atoms with van der Waals surface area (Å²) in [6, 6.07) is 7.15. The Balaban J connectivity index is 0.000000360. The van der Waals surface area contributed by atoms with Gasteiger partial charge in [0.25, 0.3) is 0 Å². The summed E-state index contributed by atoms with van der Waals surface area (Å²) in [5.41, 5.74) is 4.25. The Morgan fingerprint density at radius 3 is 2.34 bits per heavy atom. The van der Waals surface area contributed by atoms with Crippen LogP contribution < -0.4 is 4.74 Å². The third kappa shape index (κ3) is 5.01. The molecule has 1 fully saturated rings. The second-order valence-electron chi connectivity index (χ2n) is 7.37. The minimum atomic E-state index is -5.08. The summed E-state index contributed by atoms with van der Waals surface area (Å²) >= 11 is 0. The predicted molar refractivity (Wildman–Crippen MR) is 109 cm³/mol. The van der Waals surface area contributed by atoms with Crippen LogP contribution in [-0.2, 0) is 14.6 Å². The van der Waals surface area contributed by atoms with E-state index in [1.807, 2.05) is 12.1 Å². The molecule has 8 nitrogen and oxygen atoms in total. The summed E-state index contributed by atoms with van der Waals surface area (Å²) in [6.45, 7) is 1.80. The van der Waals surface area contributed by atoms with Gasteiger partial charge in [-0.2, -0.15) is 18.3 Å². The van der Waals surface area contributed by atoms with Gasteiger partial charge >= 0.3 is 12.1 Å². The van der Waals surface area contributed by atoms with Crippen molar-refractivity contribution in [2.75, 3.05) is 13.4 Å².